The van der Waals surface area contributed by atoms with E-state index in [1.54, 1.807) is 0 Å². The molecule has 3 aliphatic rings. The predicted octanol–water partition coefficient (Wildman–Crippen LogP) is 3.00. The van der Waals surface area contributed by atoms with E-state index < -0.39 is 0 Å². The van der Waals surface area contributed by atoms with Crippen LogP contribution in [0.15, 0.2) is 35.5 Å². The highest BCUT2D eigenvalue weighted by molar-refractivity contribution is 5.51. The molecule has 2 saturated heterocycles. The summed E-state index contributed by atoms with van der Waals surface area (Å²) >= 11 is 0. The Morgan fingerprint density at radius 3 is 1.96 bits per heavy atom. The zero-order chi connectivity index (χ0) is 15.7. The topological polar surface area (TPSA) is 6.48 Å². The highest BCUT2D eigenvalue weighted by atomic mass is 15.1. The predicted molar refractivity (Wildman–Crippen MR) is 96.8 cm³/mol. The van der Waals surface area contributed by atoms with Crippen molar-refractivity contribution in [1.29, 1.82) is 0 Å². The lowest BCUT2D eigenvalue weighted by Crippen LogP contribution is -2.19. The van der Waals surface area contributed by atoms with E-state index in [2.05, 4.69) is 57.8 Å². The van der Waals surface area contributed by atoms with Crippen LogP contribution in [-0.4, -0.2) is 49.1 Å². The van der Waals surface area contributed by atoms with Crippen molar-refractivity contribution in [3.63, 3.8) is 0 Å². The molecule has 23 heavy (non-hydrogen) atoms. The summed E-state index contributed by atoms with van der Waals surface area (Å²) in [5.41, 5.74) is 2.20. The van der Waals surface area contributed by atoms with E-state index in [9.17, 15) is 0 Å². The summed E-state index contributed by atoms with van der Waals surface area (Å²) in [4.78, 5) is 4.86. The summed E-state index contributed by atoms with van der Waals surface area (Å²) in [5.74, 6) is 13.3. The fourth-order valence-corrected chi connectivity index (χ4v) is 3.22. The molecule has 2 heterocycles. The van der Waals surface area contributed by atoms with Crippen LogP contribution in [0.2, 0.25) is 0 Å². The molecule has 2 aliphatic heterocycles. The van der Waals surface area contributed by atoms with Gasteiger partial charge >= 0.3 is 0 Å². The Labute approximate surface area is 140 Å². The van der Waals surface area contributed by atoms with E-state index >= 15 is 0 Å². The number of rotatable bonds is 2. The number of hydrogen-bond donors (Lipinski definition) is 0. The van der Waals surface area contributed by atoms with Gasteiger partial charge in [-0.25, -0.2) is 0 Å². The molecule has 2 nitrogen and oxygen atoms in total. The lowest BCUT2D eigenvalue weighted by Gasteiger charge is -2.08. The van der Waals surface area contributed by atoms with Gasteiger partial charge in [0, 0.05) is 11.1 Å². The molecule has 0 bridgehead atoms. The molecule has 0 radical (unpaired) electrons. The van der Waals surface area contributed by atoms with Gasteiger partial charge in [-0.05, 0) is 64.4 Å². The Balaban J connectivity index is 1.56. The molecule has 120 valence electrons. The molecule has 0 atom stereocenters. The van der Waals surface area contributed by atoms with Crippen molar-refractivity contribution in [2.75, 3.05) is 39.3 Å². The standard InChI is InChI=1S/C21H26N2/c1-2-10-21(12-8-18-23-15-5-6-16-23)19-20(9-1)11-7-17-22-13-3-4-14-22/h1,9-10,19H,2-6,13-18H2. The summed E-state index contributed by atoms with van der Waals surface area (Å²) in [7, 11) is 0. The third-order valence-corrected chi connectivity index (χ3v) is 4.55. The van der Waals surface area contributed by atoms with Crippen LogP contribution in [0.25, 0.3) is 0 Å². The van der Waals surface area contributed by atoms with Crippen LogP contribution >= 0.6 is 0 Å². The van der Waals surface area contributed by atoms with Crippen molar-refractivity contribution < 1.29 is 0 Å². The SMILES string of the molecule is C(#CC1=CCC=CC(C#CCN2CCCC2)=C1)CN1CCCC1. The number of likely N-dealkylation sites (tertiary alicyclic amines) is 2. The third-order valence-electron chi connectivity index (χ3n) is 4.55. The fraction of sp³-hybridized carbons (Fsp3) is 0.524. The van der Waals surface area contributed by atoms with Gasteiger partial charge in [-0.1, -0.05) is 41.9 Å². The number of allylic oxidation sites excluding steroid dienone is 6. The average Bonchev–Trinajstić information content (AvgIpc) is 3.20. The second kappa shape index (κ2) is 8.78. The minimum Gasteiger partial charge on any atom is -0.292 e. The Morgan fingerprint density at radius 1 is 0.783 bits per heavy atom. The quantitative estimate of drug-likeness (QED) is 0.724. The zero-order valence-electron chi connectivity index (χ0n) is 14.0. The largest absolute Gasteiger partial charge is 0.292 e. The molecular weight excluding hydrogens is 280 g/mol. The van der Waals surface area contributed by atoms with Gasteiger partial charge in [0.15, 0.2) is 0 Å². The van der Waals surface area contributed by atoms with Gasteiger partial charge in [0.25, 0.3) is 0 Å². The van der Waals surface area contributed by atoms with Crippen LogP contribution in [0.3, 0.4) is 0 Å². The van der Waals surface area contributed by atoms with E-state index in [1.165, 1.54) is 51.9 Å². The minimum absolute atomic E-state index is 0.894. The molecule has 0 spiro atoms. The van der Waals surface area contributed by atoms with Gasteiger partial charge in [0.2, 0.25) is 0 Å². The Morgan fingerprint density at radius 2 is 1.35 bits per heavy atom. The third kappa shape index (κ3) is 5.43. The van der Waals surface area contributed by atoms with Gasteiger partial charge in [-0.15, -0.1) is 0 Å². The molecule has 0 aromatic rings. The van der Waals surface area contributed by atoms with Crippen LogP contribution in [0, 0.1) is 23.7 Å². The van der Waals surface area contributed by atoms with Crippen molar-refractivity contribution in [3.05, 3.63) is 35.5 Å². The van der Waals surface area contributed by atoms with Crippen LogP contribution in [0.4, 0.5) is 0 Å². The van der Waals surface area contributed by atoms with Crippen molar-refractivity contribution in [2.24, 2.45) is 0 Å². The molecule has 3 rings (SSSR count). The maximum atomic E-state index is 3.33. The zero-order valence-corrected chi connectivity index (χ0v) is 14.0. The van der Waals surface area contributed by atoms with Crippen molar-refractivity contribution >= 4 is 0 Å². The first-order chi connectivity index (χ1) is 11.4. The Hall–Kier alpha value is -1.74. The summed E-state index contributed by atoms with van der Waals surface area (Å²) in [6.45, 7) is 6.61. The first-order valence-electron chi connectivity index (χ1n) is 8.91. The van der Waals surface area contributed by atoms with E-state index in [0.717, 1.165) is 30.7 Å². The molecule has 0 N–H and O–H groups in total. The summed E-state index contributed by atoms with van der Waals surface area (Å²) in [6.07, 6.45) is 14.9. The molecule has 0 saturated carbocycles. The smallest absolute Gasteiger partial charge is 0.0605 e. The highest BCUT2D eigenvalue weighted by Crippen LogP contribution is 2.11. The fourth-order valence-electron chi connectivity index (χ4n) is 3.22. The normalized spacial score (nSPS) is 21.7. The van der Waals surface area contributed by atoms with Gasteiger partial charge in [0.1, 0.15) is 0 Å². The number of nitrogens with zero attached hydrogens (tertiary/aromatic N) is 2. The molecule has 0 amide bonds. The second-order valence-electron chi connectivity index (χ2n) is 6.47. The maximum absolute atomic E-state index is 3.33. The van der Waals surface area contributed by atoms with E-state index in [0.29, 0.717) is 0 Å². The van der Waals surface area contributed by atoms with E-state index in [1.807, 2.05) is 0 Å². The van der Waals surface area contributed by atoms with Gasteiger partial charge in [-0.3, -0.25) is 9.80 Å². The second-order valence-corrected chi connectivity index (χ2v) is 6.47. The van der Waals surface area contributed by atoms with Crippen molar-refractivity contribution in [3.8, 4) is 23.7 Å². The van der Waals surface area contributed by atoms with Gasteiger partial charge in [0.05, 0.1) is 13.1 Å². The van der Waals surface area contributed by atoms with Crippen molar-refractivity contribution in [1.82, 2.24) is 9.80 Å². The van der Waals surface area contributed by atoms with Gasteiger partial charge < -0.3 is 0 Å². The Bertz CT molecular complexity index is 604. The number of hydrogen-bond acceptors (Lipinski definition) is 2. The average molecular weight is 306 g/mol. The summed E-state index contributed by atoms with van der Waals surface area (Å²) < 4.78 is 0. The highest BCUT2D eigenvalue weighted by Gasteiger charge is 2.09. The molecule has 0 aromatic heterocycles. The molecule has 0 unspecified atom stereocenters. The molecule has 2 fully saturated rings. The van der Waals surface area contributed by atoms with E-state index in [-0.39, 0.29) is 0 Å². The molecule has 1 aliphatic carbocycles. The van der Waals surface area contributed by atoms with Crippen LogP contribution in [-0.2, 0) is 0 Å². The molecular formula is C21H26N2. The first-order valence-corrected chi connectivity index (χ1v) is 8.91. The monoisotopic (exact) mass is 306 g/mol. The van der Waals surface area contributed by atoms with Crippen molar-refractivity contribution in [2.45, 2.75) is 32.1 Å². The molecule has 0 aromatic carbocycles. The minimum atomic E-state index is 0.894. The molecule has 2 heteroatoms. The van der Waals surface area contributed by atoms with Crippen LogP contribution in [0.1, 0.15) is 32.1 Å². The lowest BCUT2D eigenvalue weighted by atomic mass is 10.1. The van der Waals surface area contributed by atoms with Gasteiger partial charge in [-0.2, -0.15) is 0 Å². The summed E-state index contributed by atoms with van der Waals surface area (Å²) in [5, 5.41) is 0. The first kappa shape index (κ1) is 16.1. The van der Waals surface area contributed by atoms with Crippen LogP contribution in [0.5, 0.6) is 0 Å². The van der Waals surface area contributed by atoms with E-state index in [4.69, 9.17) is 0 Å². The maximum Gasteiger partial charge on any atom is 0.0605 e. The van der Waals surface area contributed by atoms with Crippen LogP contribution < -0.4 is 0 Å². The lowest BCUT2D eigenvalue weighted by molar-refractivity contribution is 0.383. The summed E-state index contributed by atoms with van der Waals surface area (Å²) in [6, 6.07) is 0. The Kier molecular flexibility index (Phi) is 6.16.